The monoisotopic (exact) mass is 385 g/mol. The van der Waals surface area contributed by atoms with Gasteiger partial charge < -0.3 is 4.90 Å². The van der Waals surface area contributed by atoms with Crippen molar-refractivity contribution in [2.75, 3.05) is 30.0 Å². The Kier molecular flexibility index (Phi) is 6.63. The maximum absolute atomic E-state index is 12.8. The summed E-state index contributed by atoms with van der Waals surface area (Å²) >= 11 is 3.28. The van der Waals surface area contributed by atoms with Crippen molar-refractivity contribution in [1.29, 1.82) is 0 Å². The van der Waals surface area contributed by atoms with Crippen molar-refractivity contribution in [2.45, 2.75) is 19.8 Å². The smallest absolute Gasteiger partial charge is 0.228 e. The fraction of sp³-hybridized carbons (Fsp3) is 0.350. The lowest BCUT2D eigenvalue weighted by Gasteiger charge is -2.20. The largest absolute Gasteiger partial charge is 0.302 e. The number of carbonyl (C=O) groups excluding carboxylic acids is 1. The van der Waals surface area contributed by atoms with Gasteiger partial charge in [-0.25, -0.2) is 4.98 Å². The van der Waals surface area contributed by atoms with E-state index in [1.165, 1.54) is 0 Å². The lowest BCUT2D eigenvalue weighted by Crippen LogP contribution is -2.30. The molecule has 4 nitrogen and oxygen atoms in total. The Balaban J connectivity index is 2.03. The van der Waals surface area contributed by atoms with Gasteiger partial charge in [-0.15, -0.1) is 0 Å². The van der Waals surface area contributed by atoms with Crippen LogP contribution in [0.15, 0.2) is 41.4 Å². The number of thiazole rings is 1. The molecule has 2 heterocycles. The summed E-state index contributed by atoms with van der Waals surface area (Å²) in [7, 11) is 0. The summed E-state index contributed by atoms with van der Waals surface area (Å²) in [6.07, 6.45) is 7.58. The average Bonchev–Trinajstić information content (AvgIpc) is 3.13. The summed E-state index contributed by atoms with van der Waals surface area (Å²) in [5, 5.41) is 1.86. The second kappa shape index (κ2) is 9.14. The van der Waals surface area contributed by atoms with E-state index in [9.17, 15) is 4.79 Å². The minimum Gasteiger partial charge on any atom is -0.302 e. The van der Waals surface area contributed by atoms with E-state index in [2.05, 4.69) is 11.1 Å². The van der Waals surface area contributed by atoms with Gasteiger partial charge in [0.25, 0.3) is 0 Å². The van der Waals surface area contributed by atoms with E-state index in [1.807, 2.05) is 54.6 Å². The van der Waals surface area contributed by atoms with E-state index in [-0.39, 0.29) is 5.91 Å². The van der Waals surface area contributed by atoms with Gasteiger partial charge in [-0.2, -0.15) is 11.8 Å². The third-order valence-corrected chi connectivity index (χ3v) is 5.88. The normalized spacial score (nSPS) is 13.5. The predicted molar refractivity (Wildman–Crippen MR) is 115 cm³/mol. The molecule has 1 aromatic heterocycles. The van der Waals surface area contributed by atoms with Crippen LogP contribution in [-0.4, -0.2) is 42.2 Å². The van der Waals surface area contributed by atoms with Crippen molar-refractivity contribution in [3.8, 4) is 11.3 Å². The summed E-state index contributed by atoms with van der Waals surface area (Å²) < 4.78 is 0. The van der Waals surface area contributed by atoms with E-state index < -0.39 is 0 Å². The van der Waals surface area contributed by atoms with E-state index in [1.54, 1.807) is 23.1 Å². The first kappa shape index (κ1) is 18.9. The molecular formula is C20H23N3OS2. The number of aromatic nitrogens is 1. The second-order valence-electron chi connectivity index (χ2n) is 5.90. The van der Waals surface area contributed by atoms with Gasteiger partial charge in [0.1, 0.15) is 15.7 Å². The maximum atomic E-state index is 12.8. The Morgan fingerprint density at radius 2 is 2.12 bits per heavy atom. The van der Waals surface area contributed by atoms with E-state index in [0.29, 0.717) is 13.0 Å². The Bertz CT molecular complexity index is 812. The number of allylic oxidation sites excluding steroid dienone is 1. The van der Waals surface area contributed by atoms with Crippen molar-refractivity contribution in [1.82, 2.24) is 4.98 Å². The average molecular weight is 386 g/mol. The SMILES string of the molecule is CCN(C(=O)CCSC)c1sc(C2=CCCN=C2)nc1-c1ccccc1. The second-order valence-corrected chi connectivity index (χ2v) is 7.87. The number of thioether (sulfide) groups is 1. The van der Waals surface area contributed by atoms with Gasteiger partial charge in [0, 0.05) is 42.6 Å². The van der Waals surface area contributed by atoms with E-state index in [0.717, 1.165) is 45.6 Å². The highest BCUT2D eigenvalue weighted by Gasteiger charge is 2.23. The van der Waals surface area contributed by atoms with Crippen LogP contribution in [0.2, 0.25) is 0 Å². The Hall–Kier alpha value is -1.92. The third kappa shape index (κ3) is 4.24. The van der Waals surface area contributed by atoms with Crippen LogP contribution in [-0.2, 0) is 4.79 Å². The van der Waals surface area contributed by atoms with Crippen LogP contribution in [0.3, 0.4) is 0 Å². The fourth-order valence-electron chi connectivity index (χ4n) is 2.81. The molecule has 1 aromatic carbocycles. The van der Waals surface area contributed by atoms with Crippen LogP contribution in [0, 0.1) is 0 Å². The van der Waals surface area contributed by atoms with Crippen molar-refractivity contribution < 1.29 is 4.79 Å². The molecule has 1 amide bonds. The highest BCUT2D eigenvalue weighted by Crippen LogP contribution is 2.39. The number of hydrogen-bond donors (Lipinski definition) is 0. The number of amides is 1. The van der Waals surface area contributed by atoms with Crippen LogP contribution in [0.1, 0.15) is 24.8 Å². The molecule has 1 aliphatic heterocycles. The zero-order chi connectivity index (χ0) is 18.4. The van der Waals surface area contributed by atoms with Crippen molar-refractivity contribution in [3.05, 3.63) is 41.4 Å². The van der Waals surface area contributed by atoms with Gasteiger partial charge in [0.2, 0.25) is 5.91 Å². The zero-order valence-corrected chi connectivity index (χ0v) is 16.8. The number of nitrogens with zero attached hydrogens (tertiary/aromatic N) is 3. The first-order valence-corrected chi connectivity index (χ1v) is 11.0. The molecule has 0 radical (unpaired) electrons. The van der Waals surface area contributed by atoms with Crippen LogP contribution in [0.25, 0.3) is 16.8 Å². The topological polar surface area (TPSA) is 45.6 Å². The van der Waals surface area contributed by atoms with Gasteiger partial charge in [-0.3, -0.25) is 9.79 Å². The molecule has 0 bridgehead atoms. The number of aliphatic imine (C=N–C) groups is 1. The maximum Gasteiger partial charge on any atom is 0.228 e. The zero-order valence-electron chi connectivity index (χ0n) is 15.1. The molecule has 0 atom stereocenters. The van der Waals surface area contributed by atoms with Gasteiger partial charge in [0.05, 0.1) is 0 Å². The summed E-state index contributed by atoms with van der Waals surface area (Å²) in [5.41, 5.74) is 2.97. The molecule has 0 saturated carbocycles. The first-order valence-electron chi connectivity index (χ1n) is 8.80. The predicted octanol–water partition coefficient (Wildman–Crippen LogP) is 4.77. The molecule has 6 heteroatoms. The third-order valence-electron chi connectivity index (χ3n) is 4.14. The molecule has 0 spiro atoms. The molecule has 2 aromatic rings. The van der Waals surface area contributed by atoms with Gasteiger partial charge >= 0.3 is 0 Å². The van der Waals surface area contributed by atoms with Crippen LogP contribution in [0.5, 0.6) is 0 Å². The highest BCUT2D eigenvalue weighted by atomic mass is 32.2. The van der Waals surface area contributed by atoms with Crippen molar-refractivity contribution >= 4 is 45.8 Å². The number of rotatable bonds is 7. The van der Waals surface area contributed by atoms with E-state index in [4.69, 9.17) is 4.98 Å². The summed E-state index contributed by atoms with van der Waals surface area (Å²) in [5.74, 6) is 0.986. The number of dihydropyridines is 1. The number of anilines is 1. The molecule has 3 rings (SSSR count). The number of benzene rings is 1. The number of carbonyl (C=O) groups is 1. The summed E-state index contributed by atoms with van der Waals surface area (Å²) in [6, 6.07) is 10.1. The Labute approximate surface area is 163 Å². The quantitative estimate of drug-likeness (QED) is 0.689. The molecule has 0 fully saturated rings. The molecule has 0 unspecified atom stereocenters. The first-order chi connectivity index (χ1) is 12.7. The highest BCUT2D eigenvalue weighted by molar-refractivity contribution is 7.98. The lowest BCUT2D eigenvalue weighted by molar-refractivity contribution is -0.118. The molecule has 0 aliphatic carbocycles. The molecule has 136 valence electrons. The number of hydrogen-bond acceptors (Lipinski definition) is 5. The molecule has 0 N–H and O–H groups in total. The van der Waals surface area contributed by atoms with E-state index >= 15 is 0 Å². The fourth-order valence-corrected chi connectivity index (χ4v) is 4.37. The minimum absolute atomic E-state index is 0.153. The molecular weight excluding hydrogens is 362 g/mol. The lowest BCUT2D eigenvalue weighted by atomic mass is 10.1. The summed E-state index contributed by atoms with van der Waals surface area (Å²) in [6.45, 7) is 3.50. The Morgan fingerprint density at radius 3 is 2.77 bits per heavy atom. The van der Waals surface area contributed by atoms with Gasteiger partial charge in [0.15, 0.2) is 0 Å². The summed E-state index contributed by atoms with van der Waals surface area (Å²) in [4.78, 5) is 23.9. The molecule has 26 heavy (non-hydrogen) atoms. The van der Waals surface area contributed by atoms with Crippen LogP contribution in [0.4, 0.5) is 5.00 Å². The van der Waals surface area contributed by atoms with Gasteiger partial charge in [-0.05, 0) is 19.6 Å². The minimum atomic E-state index is 0.153. The van der Waals surface area contributed by atoms with Gasteiger partial charge in [-0.1, -0.05) is 47.7 Å². The van der Waals surface area contributed by atoms with Crippen LogP contribution >= 0.6 is 23.1 Å². The Morgan fingerprint density at radius 1 is 1.31 bits per heavy atom. The van der Waals surface area contributed by atoms with Crippen molar-refractivity contribution in [3.63, 3.8) is 0 Å². The van der Waals surface area contributed by atoms with Crippen molar-refractivity contribution in [2.24, 2.45) is 4.99 Å². The molecule has 0 saturated heterocycles. The standard InChI is InChI=1S/C20H23N3OS2/c1-3-23(17(24)11-13-25-2)20-18(15-8-5-4-6-9-15)22-19(26-20)16-10-7-12-21-14-16/h4-6,8-10,14H,3,7,11-13H2,1-2H3. The molecule has 1 aliphatic rings. The van der Waals surface area contributed by atoms with Crippen LogP contribution < -0.4 is 4.90 Å².